The van der Waals surface area contributed by atoms with Gasteiger partial charge in [-0.05, 0) is 13.3 Å². The van der Waals surface area contributed by atoms with Crippen LogP contribution in [0.3, 0.4) is 0 Å². The van der Waals surface area contributed by atoms with E-state index in [2.05, 4.69) is 12.2 Å². The van der Waals surface area contributed by atoms with Crippen molar-refractivity contribution in [3.8, 4) is 0 Å². The zero-order valence-corrected chi connectivity index (χ0v) is 9.79. The molecule has 1 saturated heterocycles. The summed E-state index contributed by atoms with van der Waals surface area (Å²) in [5.74, 6) is 0.124. The Hall–Kier alpha value is -0.610. The van der Waals surface area contributed by atoms with Crippen LogP contribution in [-0.2, 0) is 9.53 Å². The van der Waals surface area contributed by atoms with Crippen LogP contribution in [0, 0.1) is 0 Å². The number of hydrogen-bond donors (Lipinski definition) is 1. The Morgan fingerprint density at radius 3 is 2.73 bits per heavy atom. The molecule has 1 aliphatic rings. The van der Waals surface area contributed by atoms with Crippen molar-refractivity contribution in [1.82, 2.24) is 10.2 Å². The van der Waals surface area contributed by atoms with Crippen molar-refractivity contribution in [1.29, 1.82) is 0 Å². The monoisotopic (exact) mass is 214 g/mol. The molecule has 0 radical (unpaired) electrons. The Morgan fingerprint density at radius 2 is 2.13 bits per heavy atom. The zero-order chi connectivity index (χ0) is 11.1. The van der Waals surface area contributed by atoms with E-state index in [-0.39, 0.29) is 18.6 Å². The van der Waals surface area contributed by atoms with Crippen LogP contribution in [0.4, 0.5) is 0 Å². The molecule has 0 bridgehead atoms. The van der Waals surface area contributed by atoms with Gasteiger partial charge in [0.2, 0.25) is 5.91 Å². The number of amides is 1. The highest BCUT2D eigenvalue weighted by molar-refractivity contribution is 5.77. The molecule has 1 rings (SSSR count). The van der Waals surface area contributed by atoms with Crippen LogP contribution in [-0.4, -0.2) is 49.7 Å². The topological polar surface area (TPSA) is 41.6 Å². The van der Waals surface area contributed by atoms with Crippen molar-refractivity contribution >= 4 is 5.91 Å². The largest absolute Gasteiger partial charge is 0.369 e. The molecule has 4 nitrogen and oxygen atoms in total. The average molecular weight is 214 g/mol. The molecule has 1 heterocycles. The minimum Gasteiger partial charge on any atom is -0.369 e. The first-order valence-electron chi connectivity index (χ1n) is 5.84. The van der Waals surface area contributed by atoms with Gasteiger partial charge in [-0.2, -0.15) is 0 Å². The summed E-state index contributed by atoms with van der Waals surface area (Å²) in [6.07, 6.45) is 2.32. The van der Waals surface area contributed by atoms with E-state index in [0.29, 0.717) is 0 Å². The van der Waals surface area contributed by atoms with E-state index >= 15 is 0 Å². The molecule has 4 heteroatoms. The predicted molar refractivity (Wildman–Crippen MR) is 59.8 cm³/mol. The molecule has 1 amide bonds. The van der Waals surface area contributed by atoms with Gasteiger partial charge in [0.1, 0.15) is 6.61 Å². The molecule has 1 N–H and O–H groups in total. The second kappa shape index (κ2) is 6.80. The van der Waals surface area contributed by atoms with Gasteiger partial charge in [-0.3, -0.25) is 4.79 Å². The highest BCUT2D eigenvalue weighted by Gasteiger charge is 2.16. The molecule has 1 atom stereocenters. The number of ether oxygens (including phenoxy) is 1. The van der Waals surface area contributed by atoms with Gasteiger partial charge in [-0.25, -0.2) is 0 Å². The van der Waals surface area contributed by atoms with Gasteiger partial charge in [0.05, 0.1) is 6.10 Å². The number of nitrogens with one attached hydrogen (secondary N) is 1. The molecule has 1 fully saturated rings. The van der Waals surface area contributed by atoms with E-state index in [1.165, 1.54) is 0 Å². The Bertz CT molecular complexity index is 191. The standard InChI is InChI=1S/C11H22N2O2/c1-3-4-10(2)15-9-11(14)13-7-5-12-6-8-13/h10,12H,3-9H2,1-2H3. The van der Waals surface area contributed by atoms with E-state index in [4.69, 9.17) is 4.74 Å². The van der Waals surface area contributed by atoms with Crippen molar-refractivity contribution in [3.63, 3.8) is 0 Å². The summed E-state index contributed by atoms with van der Waals surface area (Å²) in [6, 6.07) is 0. The molecule has 0 aromatic rings. The molecule has 0 aliphatic carbocycles. The molecule has 0 aromatic heterocycles. The summed E-state index contributed by atoms with van der Waals surface area (Å²) in [4.78, 5) is 13.6. The maximum Gasteiger partial charge on any atom is 0.248 e. The Morgan fingerprint density at radius 1 is 1.47 bits per heavy atom. The van der Waals surface area contributed by atoms with E-state index in [1.54, 1.807) is 0 Å². The number of hydrogen-bond acceptors (Lipinski definition) is 3. The summed E-state index contributed by atoms with van der Waals surface area (Å²) >= 11 is 0. The van der Waals surface area contributed by atoms with E-state index < -0.39 is 0 Å². The molecule has 88 valence electrons. The van der Waals surface area contributed by atoms with Crippen molar-refractivity contribution < 1.29 is 9.53 Å². The van der Waals surface area contributed by atoms with E-state index in [0.717, 1.165) is 39.0 Å². The van der Waals surface area contributed by atoms with Gasteiger partial charge in [-0.15, -0.1) is 0 Å². The van der Waals surface area contributed by atoms with Gasteiger partial charge in [-0.1, -0.05) is 13.3 Å². The summed E-state index contributed by atoms with van der Waals surface area (Å²) < 4.78 is 5.49. The van der Waals surface area contributed by atoms with Crippen LogP contribution < -0.4 is 5.32 Å². The lowest BCUT2D eigenvalue weighted by Gasteiger charge is -2.27. The molecule has 1 unspecified atom stereocenters. The summed E-state index contributed by atoms with van der Waals surface area (Å²) in [6.45, 7) is 7.80. The predicted octanol–water partition coefficient (Wildman–Crippen LogP) is 0.623. The fourth-order valence-electron chi connectivity index (χ4n) is 1.71. The highest BCUT2D eigenvalue weighted by atomic mass is 16.5. The van der Waals surface area contributed by atoms with E-state index in [1.807, 2.05) is 11.8 Å². The third-order valence-electron chi connectivity index (χ3n) is 2.66. The maximum absolute atomic E-state index is 11.7. The average Bonchev–Trinajstić information content (AvgIpc) is 2.27. The van der Waals surface area contributed by atoms with Crippen LogP contribution >= 0.6 is 0 Å². The van der Waals surface area contributed by atoms with E-state index in [9.17, 15) is 4.79 Å². The van der Waals surface area contributed by atoms with Gasteiger partial charge in [0, 0.05) is 26.2 Å². The van der Waals surface area contributed by atoms with Crippen molar-refractivity contribution in [2.24, 2.45) is 0 Å². The summed E-state index contributed by atoms with van der Waals surface area (Å²) in [5, 5.41) is 3.22. The molecule has 15 heavy (non-hydrogen) atoms. The maximum atomic E-state index is 11.7. The number of carbonyl (C=O) groups excluding carboxylic acids is 1. The lowest BCUT2D eigenvalue weighted by atomic mass is 10.2. The zero-order valence-electron chi connectivity index (χ0n) is 9.79. The molecule has 0 saturated carbocycles. The number of carbonyl (C=O) groups is 1. The van der Waals surface area contributed by atoms with Crippen molar-refractivity contribution in [3.05, 3.63) is 0 Å². The van der Waals surface area contributed by atoms with Crippen LogP contribution in [0.1, 0.15) is 26.7 Å². The third kappa shape index (κ3) is 4.62. The smallest absolute Gasteiger partial charge is 0.248 e. The number of nitrogens with zero attached hydrogens (tertiary/aromatic N) is 1. The second-order valence-electron chi connectivity index (χ2n) is 4.04. The van der Waals surface area contributed by atoms with Gasteiger partial charge < -0.3 is 15.0 Å². The Balaban J connectivity index is 2.16. The summed E-state index contributed by atoms with van der Waals surface area (Å²) in [5.41, 5.74) is 0. The van der Waals surface area contributed by atoms with Gasteiger partial charge in [0.25, 0.3) is 0 Å². The van der Waals surface area contributed by atoms with Gasteiger partial charge in [0.15, 0.2) is 0 Å². The molecule has 1 aliphatic heterocycles. The highest BCUT2D eigenvalue weighted by Crippen LogP contribution is 2.02. The third-order valence-corrected chi connectivity index (χ3v) is 2.66. The molecule has 0 aromatic carbocycles. The van der Waals surface area contributed by atoms with Crippen LogP contribution in [0.2, 0.25) is 0 Å². The fraction of sp³-hybridized carbons (Fsp3) is 0.909. The van der Waals surface area contributed by atoms with Crippen LogP contribution in [0.25, 0.3) is 0 Å². The van der Waals surface area contributed by atoms with Crippen LogP contribution in [0.5, 0.6) is 0 Å². The number of rotatable bonds is 5. The normalized spacial score (nSPS) is 18.9. The minimum absolute atomic E-state index is 0.124. The number of piperazine rings is 1. The molecular weight excluding hydrogens is 192 g/mol. The first kappa shape index (κ1) is 12.5. The van der Waals surface area contributed by atoms with Crippen molar-refractivity contribution in [2.75, 3.05) is 32.8 Å². The Labute approximate surface area is 92.0 Å². The lowest BCUT2D eigenvalue weighted by Crippen LogP contribution is -2.47. The molecular formula is C11H22N2O2. The Kier molecular flexibility index (Phi) is 5.65. The lowest BCUT2D eigenvalue weighted by molar-refractivity contribution is -0.138. The first-order chi connectivity index (χ1) is 7.24. The second-order valence-corrected chi connectivity index (χ2v) is 4.04. The quantitative estimate of drug-likeness (QED) is 0.729. The first-order valence-corrected chi connectivity index (χ1v) is 5.84. The minimum atomic E-state index is 0.124. The van der Waals surface area contributed by atoms with Gasteiger partial charge >= 0.3 is 0 Å². The summed E-state index contributed by atoms with van der Waals surface area (Å²) in [7, 11) is 0. The fourth-order valence-corrected chi connectivity index (χ4v) is 1.71. The SMILES string of the molecule is CCCC(C)OCC(=O)N1CCNCC1. The molecule has 0 spiro atoms. The van der Waals surface area contributed by atoms with Crippen LogP contribution in [0.15, 0.2) is 0 Å². The van der Waals surface area contributed by atoms with Crippen molar-refractivity contribution in [2.45, 2.75) is 32.8 Å².